The highest BCUT2D eigenvalue weighted by Crippen LogP contribution is 2.35. The van der Waals surface area contributed by atoms with Gasteiger partial charge in [-0.05, 0) is 36.8 Å². The molecule has 124 valence electrons. The fourth-order valence-corrected chi connectivity index (χ4v) is 3.02. The summed E-state index contributed by atoms with van der Waals surface area (Å²) < 4.78 is 0. The van der Waals surface area contributed by atoms with E-state index in [1.165, 1.54) is 6.33 Å². The van der Waals surface area contributed by atoms with Crippen molar-refractivity contribution in [3.05, 3.63) is 66.0 Å². The van der Waals surface area contributed by atoms with Crippen LogP contribution in [0.3, 0.4) is 0 Å². The zero-order chi connectivity index (χ0) is 17.4. The Balaban J connectivity index is 1.85. The van der Waals surface area contributed by atoms with Crippen molar-refractivity contribution in [2.45, 2.75) is 13.5 Å². The molecule has 4 N–H and O–H groups in total. The van der Waals surface area contributed by atoms with Crippen LogP contribution in [-0.4, -0.2) is 20.1 Å². The van der Waals surface area contributed by atoms with Crippen molar-refractivity contribution in [3.63, 3.8) is 0 Å². The van der Waals surface area contributed by atoms with Gasteiger partial charge in [-0.25, -0.2) is 9.97 Å². The molecule has 0 saturated heterocycles. The normalized spacial score (nSPS) is 11.1. The molecule has 5 nitrogen and oxygen atoms in total. The first-order valence-electron chi connectivity index (χ1n) is 8.09. The molecule has 2 aromatic heterocycles. The fourth-order valence-electron chi connectivity index (χ4n) is 3.02. The topological polar surface area (TPSA) is 87.8 Å². The van der Waals surface area contributed by atoms with E-state index in [9.17, 15) is 5.11 Å². The minimum Gasteiger partial charge on any atom is -0.504 e. The second-order valence-corrected chi connectivity index (χ2v) is 6.10. The lowest BCUT2D eigenvalue weighted by Gasteiger charge is -2.07. The summed E-state index contributed by atoms with van der Waals surface area (Å²) in [5.41, 5.74) is 11.5. The molecule has 25 heavy (non-hydrogen) atoms. The monoisotopic (exact) mass is 330 g/mol. The Morgan fingerprint density at radius 2 is 1.88 bits per heavy atom. The average molecular weight is 330 g/mol. The van der Waals surface area contributed by atoms with Crippen LogP contribution in [0.4, 0.5) is 0 Å². The van der Waals surface area contributed by atoms with Gasteiger partial charge in [-0.2, -0.15) is 0 Å². The molecule has 0 amide bonds. The molecule has 0 unspecified atom stereocenters. The van der Waals surface area contributed by atoms with E-state index in [4.69, 9.17) is 5.73 Å². The molecular weight excluding hydrogens is 312 g/mol. The van der Waals surface area contributed by atoms with Gasteiger partial charge in [-0.3, -0.25) is 0 Å². The van der Waals surface area contributed by atoms with Gasteiger partial charge in [0.25, 0.3) is 0 Å². The lowest BCUT2D eigenvalue weighted by Crippen LogP contribution is -1.94. The lowest BCUT2D eigenvalue weighted by atomic mass is 10.1. The molecule has 4 rings (SSSR count). The number of aromatic nitrogens is 3. The van der Waals surface area contributed by atoms with Gasteiger partial charge >= 0.3 is 0 Å². The average Bonchev–Trinajstić information content (AvgIpc) is 3.04. The molecule has 0 bridgehead atoms. The van der Waals surface area contributed by atoms with E-state index < -0.39 is 0 Å². The van der Waals surface area contributed by atoms with Gasteiger partial charge in [0.05, 0.1) is 5.69 Å². The first kappa shape index (κ1) is 15.4. The van der Waals surface area contributed by atoms with Crippen molar-refractivity contribution in [2.24, 2.45) is 5.73 Å². The highest BCUT2D eigenvalue weighted by Gasteiger charge is 2.15. The molecule has 0 saturated carbocycles. The minimum absolute atomic E-state index is 0.0682. The molecule has 0 fully saturated rings. The Hall–Kier alpha value is -3.18. The van der Waals surface area contributed by atoms with Crippen molar-refractivity contribution in [1.82, 2.24) is 15.0 Å². The van der Waals surface area contributed by atoms with Gasteiger partial charge in [0.15, 0.2) is 5.75 Å². The Bertz CT molecular complexity index is 1070. The second-order valence-electron chi connectivity index (χ2n) is 6.10. The number of hydrogen-bond donors (Lipinski definition) is 3. The molecule has 0 aliphatic carbocycles. The number of nitrogens with two attached hydrogens (primary N) is 1. The standard InChI is InChI=1S/C20H18N4O/c1-12-3-2-4-14(7-12)18-20(25)19(23-11-22-18)17-9-15-8-13(10-21)5-6-16(15)24-17/h2-9,11,24-25H,10,21H2,1H3. The van der Waals surface area contributed by atoms with Crippen molar-refractivity contribution >= 4 is 10.9 Å². The SMILES string of the molecule is Cc1cccc(-c2ncnc(-c3cc4cc(CN)ccc4[nH]3)c2O)c1. The van der Waals surface area contributed by atoms with Crippen LogP contribution < -0.4 is 5.73 Å². The summed E-state index contributed by atoms with van der Waals surface area (Å²) in [5, 5.41) is 11.8. The van der Waals surface area contributed by atoms with Crippen molar-refractivity contribution < 1.29 is 5.11 Å². The van der Waals surface area contributed by atoms with E-state index in [2.05, 4.69) is 15.0 Å². The van der Waals surface area contributed by atoms with Crippen LogP contribution in [0.25, 0.3) is 33.5 Å². The molecule has 4 aromatic rings. The summed E-state index contributed by atoms with van der Waals surface area (Å²) >= 11 is 0. The third-order valence-corrected chi connectivity index (χ3v) is 4.29. The van der Waals surface area contributed by atoms with Crippen LogP contribution >= 0.6 is 0 Å². The van der Waals surface area contributed by atoms with Crippen LogP contribution in [0.1, 0.15) is 11.1 Å². The summed E-state index contributed by atoms with van der Waals surface area (Å²) in [6, 6.07) is 15.9. The number of H-pyrrole nitrogens is 1. The second kappa shape index (κ2) is 6.03. The Morgan fingerprint density at radius 1 is 1.04 bits per heavy atom. The van der Waals surface area contributed by atoms with E-state index in [0.29, 0.717) is 17.9 Å². The van der Waals surface area contributed by atoms with E-state index in [1.54, 1.807) is 0 Å². The number of aromatic amines is 1. The number of hydrogen-bond acceptors (Lipinski definition) is 4. The number of rotatable bonds is 3. The van der Waals surface area contributed by atoms with Crippen LogP contribution in [0.5, 0.6) is 5.75 Å². The zero-order valence-corrected chi connectivity index (χ0v) is 13.8. The third kappa shape index (κ3) is 2.75. The van der Waals surface area contributed by atoms with E-state index in [0.717, 1.165) is 33.3 Å². The maximum Gasteiger partial charge on any atom is 0.170 e. The van der Waals surface area contributed by atoms with Crippen molar-refractivity contribution in [2.75, 3.05) is 0 Å². The van der Waals surface area contributed by atoms with Crippen molar-refractivity contribution in [3.8, 4) is 28.4 Å². The fraction of sp³-hybridized carbons (Fsp3) is 0.100. The summed E-state index contributed by atoms with van der Waals surface area (Å²) in [5.74, 6) is 0.0682. The maximum atomic E-state index is 10.7. The first-order chi connectivity index (χ1) is 12.2. The number of fused-ring (bicyclic) bond motifs is 1. The number of benzene rings is 2. The summed E-state index contributed by atoms with van der Waals surface area (Å²) in [6.45, 7) is 2.50. The van der Waals surface area contributed by atoms with Gasteiger partial charge in [0.2, 0.25) is 0 Å². The van der Waals surface area contributed by atoms with Gasteiger partial charge in [0.1, 0.15) is 17.7 Å². The number of aryl methyl sites for hydroxylation is 1. The van der Waals surface area contributed by atoms with E-state index >= 15 is 0 Å². The van der Waals surface area contributed by atoms with Crippen LogP contribution in [0.2, 0.25) is 0 Å². The molecule has 0 radical (unpaired) electrons. The Labute approximate surface area is 145 Å². The zero-order valence-electron chi connectivity index (χ0n) is 13.8. The largest absolute Gasteiger partial charge is 0.504 e. The smallest absolute Gasteiger partial charge is 0.170 e. The molecule has 5 heteroatoms. The highest BCUT2D eigenvalue weighted by molar-refractivity contribution is 5.88. The molecule has 0 atom stereocenters. The van der Waals surface area contributed by atoms with Gasteiger partial charge in [-0.1, -0.05) is 29.8 Å². The summed E-state index contributed by atoms with van der Waals surface area (Å²) in [4.78, 5) is 11.8. The first-order valence-corrected chi connectivity index (χ1v) is 8.09. The number of aromatic hydroxyl groups is 1. The molecule has 0 aliphatic rings. The van der Waals surface area contributed by atoms with Crippen molar-refractivity contribution in [1.29, 1.82) is 0 Å². The number of nitrogens with one attached hydrogen (secondary N) is 1. The summed E-state index contributed by atoms with van der Waals surface area (Å²) in [6.07, 6.45) is 1.48. The lowest BCUT2D eigenvalue weighted by molar-refractivity contribution is 0.474. The van der Waals surface area contributed by atoms with Crippen LogP contribution in [0, 0.1) is 6.92 Å². The third-order valence-electron chi connectivity index (χ3n) is 4.29. The van der Waals surface area contributed by atoms with Gasteiger partial charge in [0, 0.05) is 23.0 Å². The molecular formula is C20H18N4O. The predicted molar refractivity (Wildman–Crippen MR) is 99.1 cm³/mol. The molecule has 2 aromatic carbocycles. The molecule has 2 heterocycles. The van der Waals surface area contributed by atoms with E-state index in [1.807, 2.05) is 55.5 Å². The summed E-state index contributed by atoms with van der Waals surface area (Å²) in [7, 11) is 0. The van der Waals surface area contributed by atoms with E-state index in [-0.39, 0.29) is 5.75 Å². The number of nitrogens with zero attached hydrogens (tertiary/aromatic N) is 2. The van der Waals surface area contributed by atoms with Gasteiger partial charge in [-0.15, -0.1) is 0 Å². The quantitative estimate of drug-likeness (QED) is 0.533. The van der Waals surface area contributed by atoms with Crippen LogP contribution in [0.15, 0.2) is 54.9 Å². The highest BCUT2D eigenvalue weighted by atomic mass is 16.3. The molecule has 0 spiro atoms. The maximum absolute atomic E-state index is 10.7. The molecule has 0 aliphatic heterocycles. The Kier molecular flexibility index (Phi) is 3.71. The Morgan fingerprint density at radius 3 is 2.68 bits per heavy atom. The minimum atomic E-state index is 0.0682. The van der Waals surface area contributed by atoms with Gasteiger partial charge < -0.3 is 15.8 Å². The van der Waals surface area contributed by atoms with Crippen LogP contribution in [-0.2, 0) is 6.54 Å². The predicted octanol–water partition coefficient (Wildman–Crippen LogP) is 3.76.